The van der Waals surface area contributed by atoms with Gasteiger partial charge in [-0.3, -0.25) is 4.79 Å². The van der Waals surface area contributed by atoms with Gasteiger partial charge >= 0.3 is 0 Å². The van der Waals surface area contributed by atoms with Gasteiger partial charge in [0.1, 0.15) is 0 Å². The van der Waals surface area contributed by atoms with Crippen LogP contribution in [0.5, 0.6) is 0 Å². The molecule has 1 fully saturated rings. The van der Waals surface area contributed by atoms with Crippen molar-refractivity contribution in [1.29, 1.82) is 0 Å². The van der Waals surface area contributed by atoms with Crippen LogP contribution in [0, 0.1) is 11.6 Å². The molecule has 0 aliphatic carbocycles. The van der Waals surface area contributed by atoms with Crippen LogP contribution in [0.3, 0.4) is 0 Å². The van der Waals surface area contributed by atoms with E-state index in [-0.39, 0.29) is 11.9 Å². The molecule has 1 aliphatic heterocycles. The van der Waals surface area contributed by atoms with Crippen molar-refractivity contribution in [2.75, 3.05) is 0 Å². The Morgan fingerprint density at radius 1 is 1.29 bits per heavy atom. The molecule has 1 amide bonds. The Morgan fingerprint density at radius 2 is 2.07 bits per heavy atom. The average Bonchev–Trinajstić information content (AvgIpc) is 2.57. The smallest absolute Gasteiger partial charge is 0.220 e. The van der Waals surface area contributed by atoms with Gasteiger partial charge in [0.2, 0.25) is 5.91 Å². The zero-order valence-corrected chi connectivity index (χ0v) is 7.39. The third kappa shape index (κ3) is 1.60. The van der Waals surface area contributed by atoms with Gasteiger partial charge in [0, 0.05) is 6.42 Å². The molecule has 1 atom stereocenters. The van der Waals surface area contributed by atoms with Crippen LogP contribution in [0.2, 0.25) is 0 Å². The fourth-order valence-corrected chi connectivity index (χ4v) is 1.59. The second-order valence-corrected chi connectivity index (χ2v) is 3.33. The number of hydrogen-bond acceptors (Lipinski definition) is 1. The molecule has 1 saturated heterocycles. The summed E-state index contributed by atoms with van der Waals surface area (Å²) in [6, 6.07) is 3.53. The second-order valence-electron chi connectivity index (χ2n) is 3.33. The molecule has 1 aliphatic rings. The maximum atomic E-state index is 12.8. The van der Waals surface area contributed by atoms with Gasteiger partial charge in [0.15, 0.2) is 11.6 Å². The SMILES string of the molecule is O=C1CC[C@H](c2ccc(F)c(F)c2)N1. The Kier molecular flexibility index (Phi) is 2.19. The molecule has 1 heterocycles. The molecule has 14 heavy (non-hydrogen) atoms. The van der Waals surface area contributed by atoms with Gasteiger partial charge in [-0.25, -0.2) is 8.78 Å². The van der Waals surface area contributed by atoms with Crippen LogP contribution < -0.4 is 5.32 Å². The summed E-state index contributed by atoms with van der Waals surface area (Å²) in [5.41, 5.74) is 0.620. The largest absolute Gasteiger partial charge is 0.349 e. The van der Waals surface area contributed by atoms with E-state index in [2.05, 4.69) is 5.32 Å². The number of rotatable bonds is 1. The van der Waals surface area contributed by atoms with Gasteiger partial charge in [-0.2, -0.15) is 0 Å². The van der Waals surface area contributed by atoms with Crippen LogP contribution in [0.15, 0.2) is 18.2 Å². The molecule has 0 spiro atoms. The van der Waals surface area contributed by atoms with Gasteiger partial charge < -0.3 is 5.32 Å². The van der Waals surface area contributed by atoms with Gasteiger partial charge in [-0.05, 0) is 24.1 Å². The van der Waals surface area contributed by atoms with Crippen molar-refractivity contribution in [3.8, 4) is 0 Å². The zero-order valence-electron chi connectivity index (χ0n) is 7.39. The fourth-order valence-electron chi connectivity index (χ4n) is 1.59. The van der Waals surface area contributed by atoms with Crippen LogP contribution in [0.4, 0.5) is 8.78 Å². The molecule has 1 aromatic carbocycles. The number of carbonyl (C=O) groups excluding carboxylic acids is 1. The minimum atomic E-state index is -0.872. The van der Waals surface area contributed by atoms with Crippen LogP contribution in [-0.2, 0) is 4.79 Å². The topological polar surface area (TPSA) is 29.1 Å². The predicted molar refractivity (Wildman–Crippen MR) is 46.5 cm³/mol. The van der Waals surface area contributed by atoms with Gasteiger partial charge in [-0.15, -0.1) is 0 Å². The fraction of sp³-hybridized carbons (Fsp3) is 0.300. The van der Waals surface area contributed by atoms with Crippen LogP contribution >= 0.6 is 0 Å². The maximum Gasteiger partial charge on any atom is 0.220 e. The average molecular weight is 197 g/mol. The van der Waals surface area contributed by atoms with E-state index in [1.807, 2.05) is 0 Å². The molecule has 0 bridgehead atoms. The lowest BCUT2D eigenvalue weighted by molar-refractivity contribution is -0.119. The first-order chi connectivity index (χ1) is 6.66. The van der Waals surface area contributed by atoms with Crippen molar-refractivity contribution < 1.29 is 13.6 Å². The summed E-state index contributed by atoms with van der Waals surface area (Å²) in [4.78, 5) is 10.9. The van der Waals surface area contributed by atoms with Crippen molar-refractivity contribution in [2.45, 2.75) is 18.9 Å². The highest BCUT2D eigenvalue weighted by Gasteiger charge is 2.22. The summed E-state index contributed by atoms with van der Waals surface area (Å²) < 4.78 is 25.4. The third-order valence-corrected chi connectivity index (χ3v) is 2.34. The minimum absolute atomic E-state index is 0.0419. The van der Waals surface area contributed by atoms with E-state index >= 15 is 0 Å². The quantitative estimate of drug-likeness (QED) is 0.732. The lowest BCUT2D eigenvalue weighted by Gasteiger charge is -2.09. The van der Waals surface area contributed by atoms with Crippen molar-refractivity contribution in [1.82, 2.24) is 5.32 Å². The van der Waals surface area contributed by atoms with Gasteiger partial charge in [0.25, 0.3) is 0 Å². The monoisotopic (exact) mass is 197 g/mol. The van der Waals surface area contributed by atoms with E-state index in [9.17, 15) is 13.6 Å². The molecule has 4 heteroatoms. The number of halogens is 2. The van der Waals surface area contributed by atoms with E-state index in [0.717, 1.165) is 12.1 Å². The van der Waals surface area contributed by atoms with Gasteiger partial charge in [-0.1, -0.05) is 6.07 Å². The van der Waals surface area contributed by atoms with E-state index in [0.29, 0.717) is 18.4 Å². The van der Waals surface area contributed by atoms with Crippen molar-refractivity contribution >= 4 is 5.91 Å². The summed E-state index contributed by atoms with van der Waals surface area (Å²) in [6.07, 6.45) is 1.09. The first-order valence-corrected chi connectivity index (χ1v) is 4.41. The minimum Gasteiger partial charge on any atom is -0.349 e. The lowest BCUT2D eigenvalue weighted by Crippen LogP contribution is -2.18. The van der Waals surface area contributed by atoms with E-state index in [1.165, 1.54) is 6.07 Å². The summed E-state index contributed by atoms with van der Waals surface area (Å²) >= 11 is 0. The maximum absolute atomic E-state index is 12.8. The molecule has 1 N–H and O–H groups in total. The molecular weight excluding hydrogens is 188 g/mol. The molecule has 0 aromatic heterocycles. The number of hydrogen-bond donors (Lipinski definition) is 1. The molecular formula is C10H9F2NO. The lowest BCUT2D eigenvalue weighted by atomic mass is 10.1. The summed E-state index contributed by atoms with van der Waals surface area (Å²) in [7, 11) is 0. The molecule has 1 aromatic rings. The first-order valence-electron chi connectivity index (χ1n) is 4.41. The van der Waals surface area contributed by atoms with Crippen LogP contribution in [0.1, 0.15) is 24.4 Å². The molecule has 0 unspecified atom stereocenters. The van der Waals surface area contributed by atoms with Crippen molar-refractivity contribution in [3.63, 3.8) is 0 Å². The highest BCUT2D eigenvalue weighted by Crippen LogP contribution is 2.24. The Labute approximate surface area is 79.9 Å². The molecule has 74 valence electrons. The summed E-state index contributed by atoms with van der Waals surface area (Å²) in [5, 5.41) is 2.69. The van der Waals surface area contributed by atoms with Crippen LogP contribution in [-0.4, -0.2) is 5.91 Å². The van der Waals surface area contributed by atoms with Crippen LogP contribution in [0.25, 0.3) is 0 Å². The molecule has 2 nitrogen and oxygen atoms in total. The van der Waals surface area contributed by atoms with E-state index in [4.69, 9.17) is 0 Å². The third-order valence-electron chi connectivity index (χ3n) is 2.34. The Balaban J connectivity index is 2.24. The second kappa shape index (κ2) is 3.36. The molecule has 0 saturated carbocycles. The molecule has 0 radical (unpaired) electrons. The predicted octanol–water partition coefficient (Wildman–Crippen LogP) is 1.92. The normalized spacial score (nSPS) is 21.0. The number of nitrogens with one attached hydrogen (secondary N) is 1. The van der Waals surface area contributed by atoms with E-state index in [1.54, 1.807) is 0 Å². The zero-order chi connectivity index (χ0) is 10.1. The van der Waals surface area contributed by atoms with Crippen molar-refractivity contribution in [3.05, 3.63) is 35.4 Å². The number of amides is 1. The van der Waals surface area contributed by atoms with Gasteiger partial charge in [0.05, 0.1) is 6.04 Å². The standard InChI is InChI=1S/C10H9F2NO/c11-7-2-1-6(5-8(7)12)9-3-4-10(14)13-9/h1-2,5,9H,3-4H2,(H,13,14)/t9-/m1/s1. The summed E-state index contributed by atoms with van der Waals surface area (Å²) in [6.45, 7) is 0. The number of carbonyl (C=O) groups is 1. The Hall–Kier alpha value is -1.45. The first kappa shape index (κ1) is 9.12. The summed E-state index contributed by atoms with van der Waals surface area (Å²) in [5.74, 6) is -1.78. The highest BCUT2D eigenvalue weighted by atomic mass is 19.2. The Morgan fingerprint density at radius 3 is 2.64 bits per heavy atom. The number of benzene rings is 1. The van der Waals surface area contributed by atoms with E-state index < -0.39 is 11.6 Å². The van der Waals surface area contributed by atoms with Crippen molar-refractivity contribution in [2.24, 2.45) is 0 Å². The Bertz CT molecular complexity index is 378. The highest BCUT2D eigenvalue weighted by molar-refractivity contribution is 5.78. The molecule has 2 rings (SSSR count).